The lowest BCUT2D eigenvalue weighted by Crippen LogP contribution is -2.41. The first kappa shape index (κ1) is 27.7. The number of nitrogens with zero attached hydrogens (tertiary/aromatic N) is 1. The summed E-state index contributed by atoms with van der Waals surface area (Å²) in [5.74, 6) is 1.71. The van der Waals surface area contributed by atoms with Crippen LogP contribution in [0.2, 0.25) is 5.02 Å². The van der Waals surface area contributed by atoms with Crippen LogP contribution in [0.3, 0.4) is 0 Å². The van der Waals surface area contributed by atoms with Crippen LogP contribution in [-0.2, 0) is 20.6 Å². The standard InChI is InChI=1S/C26H29ClN2O5S2/c1-19-8-11-22(12-9-19)36(31,32)29(24-13-10-21(33-2)16-25(24)34-3)17-26(30)28-14-15-35-18-20-6-4-5-7-23(20)27/h4-13,16H,14-15,17-18H2,1-3H3,(H,28,30). The van der Waals surface area contributed by atoms with Crippen molar-refractivity contribution in [3.05, 3.63) is 82.9 Å². The summed E-state index contributed by atoms with van der Waals surface area (Å²) in [6, 6.07) is 18.9. The lowest BCUT2D eigenvalue weighted by molar-refractivity contribution is -0.119. The first-order valence-electron chi connectivity index (χ1n) is 11.2. The number of halogens is 1. The summed E-state index contributed by atoms with van der Waals surface area (Å²) >= 11 is 7.81. The van der Waals surface area contributed by atoms with Crippen molar-refractivity contribution in [2.75, 3.05) is 37.4 Å². The average Bonchev–Trinajstić information content (AvgIpc) is 2.88. The maximum Gasteiger partial charge on any atom is 0.264 e. The topological polar surface area (TPSA) is 84.9 Å². The van der Waals surface area contributed by atoms with Gasteiger partial charge in [-0.3, -0.25) is 9.10 Å². The quantitative estimate of drug-likeness (QED) is 0.324. The second-order valence-electron chi connectivity index (χ2n) is 7.86. The highest BCUT2D eigenvalue weighted by Gasteiger charge is 2.29. The molecule has 0 atom stereocenters. The second kappa shape index (κ2) is 12.9. The summed E-state index contributed by atoms with van der Waals surface area (Å²) in [5, 5.41) is 3.52. The second-order valence-corrected chi connectivity index (χ2v) is 11.2. The number of nitrogens with one attached hydrogen (secondary N) is 1. The lowest BCUT2D eigenvalue weighted by Gasteiger charge is -2.26. The van der Waals surface area contributed by atoms with Gasteiger partial charge in [0.1, 0.15) is 18.0 Å². The third kappa shape index (κ3) is 7.09. The molecule has 1 N–H and O–H groups in total. The van der Waals surface area contributed by atoms with Gasteiger partial charge < -0.3 is 14.8 Å². The van der Waals surface area contributed by atoms with Gasteiger partial charge in [-0.15, -0.1) is 0 Å². The molecule has 0 saturated carbocycles. The van der Waals surface area contributed by atoms with Crippen LogP contribution < -0.4 is 19.1 Å². The third-order valence-electron chi connectivity index (χ3n) is 5.34. The molecule has 0 aliphatic heterocycles. The van der Waals surface area contributed by atoms with E-state index in [1.165, 1.54) is 26.4 Å². The van der Waals surface area contributed by atoms with Crippen LogP contribution in [0.5, 0.6) is 11.5 Å². The summed E-state index contributed by atoms with van der Waals surface area (Å²) in [5.41, 5.74) is 2.19. The van der Waals surface area contributed by atoms with Crippen LogP contribution in [0.15, 0.2) is 71.6 Å². The smallest absolute Gasteiger partial charge is 0.264 e. The first-order valence-corrected chi connectivity index (χ1v) is 14.1. The Kier molecular flexibility index (Phi) is 9.92. The van der Waals surface area contributed by atoms with Crippen molar-refractivity contribution in [2.45, 2.75) is 17.6 Å². The van der Waals surface area contributed by atoms with Crippen LogP contribution in [0.25, 0.3) is 0 Å². The molecule has 0 unspecified atom stereocenters. The van der Waals surface area contributed by atoms with Gasteiger partial charge in [0.2, 0.25) is 5.91 Å². The van der Waals surface area contributed by atoms with E-state index in [0.717, 1.165) is 15.4 Å². The van der Waals surface area contributed by atoms with E-state index in [1.54, 1.807) is 42.1 Å². The number of amides is 1. The van der Waals surface area contributed by atoms with Gasteiger partial charge in [0.15, 0.2) is 0 Å². The fourth-order valence-corrected chi connectivity index (χ4v) is 5.95. The van der Waals surface area contributed by atoms with Crippen molar-refractivity contribution in [1.82, 2.24) is 5.32 Å². The van der Waals surface area contributed by atoms with Crippen LogP contribution in [0.4, 0.5) is 5.69 Å². The molecule has 1 amide bonds. The number of ether oxygens (including phenoxy) is 2. The first-order chi connectivity index (χ1) is 17.3. The molecule has 7 nitrogen and oxygen atoms in total. The normalized spacial score (nSPS) is 11.1. The number of hydrogen-bond acceptors (Lipinski definition) is 6. The highest BCUT2D eigenvalue weighted by Crippen LogP contribution is 2.35. The molecular weight excluding hydrogens is 520 g/mol. The summed E-state index contributed by atoms with van der Waals surface area (Å²) < 4.78 is 38.9. The zero-order chi connectivity index (χ0) is 26.1. The van der Waals surface area contributed by atoms with E-state index in [-0.39, 0.29) is 16.3 Å². The molecule has 0 aliphatic carbocycles. The molecule has 0 bridgehead atoms. The van der Waals surface area contributed by atoms with E-state index < -0.39 is 22.5 Å². The molecule has 10 heteroatoms. The van der Waals surface area contributed by atoms with Crippen molar-refractivity contribution in [3.63, 3.8) is 0 Å². The number of carbonyl (C=O) groups excluding carboxylic acids is 1. The van der Waals surface area contributed by atoms with Crippen molar-refractivity contribution in [2.24, 2.45) is 0 Å². The Labute approximate surface area is 221 Å². The summed E-state index contributed by atoms with van der Waals surface area (Å²) in [6.45, 7) is 1.85. The van der Waals surface area contributed by atoms with Gasteiger partial charge in [-0.25, -0.2) is 8.42 Å². The van der Waals surface area contributed by atoms with Gasteiger partial charge in [0.25, 0.3) is 10.0 Å². The van der Waals surface area contributed by atoms with E-state index in [1.807, 2.05) is 31.2 Å². The van der Waals surface area contributed by atoms with Crippen LogP contribution in [0.1, 0.15) is 11.1 Å². The van der Waals surface area contributed by atoms with Crippen LogP contribution in [0, 0.1) is 6.92 Å². The molecule has 0 heterocycles. The van der Waals surface area contributed by atoms with Crippen molar-refractivity contribution >= 4 is 45.0 Å². The Balaban J connectivity index is 1.75. The predicted molar refractivity (Wildman–Crippen MR) is 146 cm³/mol. The summed E-state index contributed by atoms with van der Waals surface area (Å²) in [4.78, 5) is 12.9. The zero-order valence-corrected chi connectivity index (χ0v) is 22.8. The van der Waals surface area contributed by atoms with Gasteiger partial charge in [0.05, 0.1) is 24.8 Å². The van der Waals surface area contributed by atoms with E-state index in [0.29, 0.717) is 28.8 Å². The number of anilines is 1. The molecular formula is C26H29ClN2O5S2. The minimum Gasteiger partial charge on any atom is -0.497 e. The predicted octanol–water partition coefficient (Wildman–Crippen LogP) is 4.91. The Morgan fingerprint density at radius 3 is 2.42 bits per heavy atom. The number of hydrogen-bond donors (Lipinski definition) is 1. The maximum absolute atomic E-state index is 13.6. The average molecular weight is 549 g/mol. The number of carbonyl (C=O) groups is 1. The zero-order valence-electron chi connectivity index (χ0n) is 20.4. The Morgan fingerprint density at radius 2 is 1.75 bits per heavy atom. The molecule has 36 heavy (non-hydrogen) atoms. The van der Waals surface area contributed by atoms with Gasteiger partial charge >= 0.3 is 0 Å². The highest BCUT2D eigenvalue weighted by atomic mass is 35.5. The molecule has 3 rings (SSSR count). The van der Waals surface area contributed by atoms with Gasteiger partial charge in [-0.1, -0.05) is 47.5 Å². The SMILES string of the molecule is COc1ccc(N(CC(=O)NCCSCc2ccccc2Cl)S(=O)(=O)c2ccc(C)cc2)c(OC)c1. The molecule has 3 aromatic rings. The molecule has 0 spiro atoms. The number of sulfonamides is 1. The third-order valence-corrected chi connectivity index (χ3v) is 8.49. The fraction of sp³-hybridized carbons (Fsp3) is 0.269. The Hall–Kier alpha value is -2.88. The minimum absolute atomic E-state index is 0.0778. The molecule has 3 aromatic carbocycles. The molecule has 0 radical (unpaired) electrons. The van der Waals surface area contributed by atoms with Gasteiger partial charge in [-0.05, 0) is 42.8 Å². The van der Waals surface area contributed by atoms with Crippen molar-refractivity contribution in [3.8, 4) is 11.5 Å². The van der Waals surface area contributed by atoms with Crippen LogP contribution >= 0.6 is 23.4 Å². The monoisotopic (exact) mass is 548 g/mol. The minimum atomic E-state index is -4.06. The van der Waals surface area contributed by atoms with Gasteiger partial charge in [-0.2, -0.15) is 11.8 Å². The number of methoxy groups -OCH3 is 2. The number of thioether (sulfide) groups is 1. The van der Waals surface area contributed by atoms with E-state index in [2.05, 4.69) is 5.32 Å². The summed E-state index contributed by atoms with van der Waals surface area (Å²) in [6.07, 6.45) is 0. The number of aryl methyl sites for hydroxylation is 1. The van der Waals surface area contributed by atoms with Crippen molar-refractivity contribution in [1.29, 1.82) is 0 Å². The Bertz CT molecular complexity index is 1280. The van der Waals surface area contributed by atoms with E-state index in [4.69, 9.17) is 21.1 Å². The fourth-order valence-electron chi connectivity index (χ4n) is 3.37. The molecule has 192 valence electrons. The summed E-state index contributed by atoms with van der Waals surface area (Å²) in [7, 11) is -1.12. The van der Waals surface area contributed by atoms with E-state index in [9.17, 15) is 13.2 Å². The van der Waals surface area contributed by atoms with Crippen molar-refractivity contribution < 1.29 is 22.7 Å². The number of rotatable bonds is 12. The Morgan fingerprint density at radius 1 is 1.03 bits per heavy atom. The van der Waals surface area contributed by atoms with Gasteiger partial charge in [0, 0.05) is 29.1 Å². The molecule has 0 aliphatic rings. The largest absolute Gasteiger partial charge is 0.497 e. The molecule has 0 fully saturated rings. The van der Waals surface area contributed by atoms with E-state index >= 15 is 0 Å². The van der Waals surface area contributed by atoms with Crippen LogP contribution in [-0.4, -0.2) is 47.4 Å². The molecule has 0 saturated heterocycles. The highest BCUT2D eigenvalue weighted by molar-refractivity contribution is 7.98. The maximum atomic E-state index is 13.6. The number of benzene rings is 3. The lowest BCUT2D eigenvalue weighted by atomic mass is 10.2. The molecule has 0 aromatic heterocycles.